The number of amides is 1. The van der Waals surface area contributed by atoms with Gasteiger partial charge in [0.1, 0.15) is 5.82 Å². The number of halogens is 1. The SMILES string of the molecule is Cc1ccc(NC(=O)Cc2ccc(F)cc2)cc1S(=O)(=O)N1CCCCC1. The van der Waals surface area contributed by atoms with Crippen molar-refractivity contribution in [2.24, 2.45) is 0 Å². The van der Waals surface area contributed by atoms with E-state index in [9.17, 15) is 17.6 Å². The second-order valence-electron chi connectivity index (χ2n) is 6.80. The van der Waals surface area contributed by atoms with Crippen LogP contribution in [-0.4, -0.2) is 31.7 Å². The molecule has 1 heterocycles. The Bertz CT molecular complexity index is 921. The summed E-state index contributed by atoms with van der Waals surface area (Å²) in [4.78, 5) is 12.5. The monoisotopic (exact) mass is 390 g/mol. The Balaban J connectivity index is 1.76. The van der Waals surface area contributed by atoms with Crippen LogP contribution in [0.3, 0.4) is 0 Å². The summed E-state index contributed by atoms with van der Waals surface area (Å²) in [5, 5.41) is 2.73. The summed E-state index contributed by atoms with van der Waals surface area (Å²) >= 11 is 0. The molecule has 5 nitrogen and oxygen atoms in total. The fourth-order valence-electron chi connectivity index (χ4n) is 3.19. The van der Waals surface area contributed by atoms with E-state index in [0.29, 0.717) is 29.9 Å². The van der Waals surface area contributed by atoms with Crippen LogP contribution in [0.1, 0.15) is 30.4 Å². The Labute approximate surface area is 159 Å². The van der Waals surface area contributed by atoms with Gasteiger partial charge in [-0.25, -0.2) is 12.8 Å². The molecule has 2 aromatic carbocycles. The molecule has 0 spiro atoms. The molecule has 0 radical (unpaired) electrons. The lowest BCUT2D eigenvalue weighted by Crippen LogP contribution is -2.36. The number of hydrogen-bond acceptors (Lipinski definition) is 3. The zero-order valence-electron chi connectivity index (χ0n) is 15.2. The van der Waals surface area contributed by atoms with Gasteiger partial charge in [0.25, 0.3) is 0 Å². The maximum atomic E-state index is 13.0. The summed E-state index contributed by atoms with van der Waals surface area (Å²) < 4.78 is 40.4. The van der Waals surface area contributed by atoms with E-state index in [-0.39, 0.29) is 23.0 Å². The standard InChI is InChI=1S/C20H23FN2O3S/c1-15-5-10-18(22-20(24)13-16-6-8-17(21)9-7-16)14-19(15)27(25,26)23-11-3-2-4-12-23/h5-10,14H,2-4,11-13H2,1H3,(H,22,24). The molecule has 144 valence electrons. The van der Waals surface area contributed by atoms with Crippen molar-refractivity contribution in [1.82, 2.24) is 4.31 Å². The van der Waals surface area contributed by atoms with Gasteiger partial charge in [0, 0.05) is 18.8 Å². The number of carbonyl (C=O) groups is 1. The van der Waals surface area contributed by atoms with Crippen molar-refractivity contribution in [3.05, 3.63) is 59.4 Å². The van der Waals surface area contributed by atoms with Crippen molar-refractivity contribution in [3.8, 4) is 0 Å². The van der Waals surface area contributed by atoms with Gasteiger partial charge in [-0.05, 0) is 55.2 Å². The van der Waals surface area contributed by atoms with Crippen molar-refractivity contribution < 1.29 is 17.6 Å². The van der Waals surface area contributed by atoms with Crippen LogP contribution in [0.2, 0.25) is 0 Å². The van der Waals surface area contributed by atoms with E-state index in [1.807, 2.05) is 0 Å². The quantitative estimate of drug-likeness (QED) is 0.850. The highest BCUT2D eigenvalue weighted by Gasteiger charge is 2.27. The van der Waals surface area contributed by atoms with E-state index in [1.165, 1.54) is 22.5 Å². The van der Waals surface area contributed by atoms with Crippen LogP contribution < -0.4 is 5.32 Å². The van der Waals surface area contributed by atoms with Crippen LogP contribution in [0.5, 0.6) is 0 Å². The average Bonchev–Trinajstić information content (AvgIpc) is 2.66. The van der Waals surface area contributed by atoms with Crippen LogP contribution in [0.4, 0.5) is 10.1 Å². The van der Waals surface area contributed by atoms with Gasteiger partial charge in [0.05, 0.1) is 11.3 Å². The normalized spacial score (nSPS) is 15.5. The minimum absolute atomic E-state index is 0.0857. The minimum Gasteiger partial charge on any atom is -0.326 e. The van der Waals surface area contributed by atoms with Crippen molar-refractivity contribution in [2.75, 3.05) is 18.4 Å². The number of rotatable bonds is 5. The van der Waals surface area contributed by atoms with Gasteiger partial charge in [0.2, 0.25) is 15.9 Å². The zero-order valence-corrected chi connectivity index (χ0v) is 16.1. The summed E-state index contributed by atoms with van der Waals surface area (Å²) in [6.07, 6.45) is 2.87. The molecule has 0 bridgehead atoms. The molecule has 1 N–H and O–H groups in total. The minimum atomic E-state index is -3.57. The van der Waals surface area contributed by atoms with E-state index in [0.717, 1.165) is 19.3 Å². The van der Waals surface area contributed by atoms with Crippen LogP contribution in [0.15, 0.2) is 47.4 Å². The van der Waals surface area contributed by atoms with E-state index >= 15 is 0 Å². The lowest BCUT2D eigenvalue weighted by Gasteiger charge is -2.26. The van der Waals surface area contributed by atoms with Crippen molar-refractivity contribution in [1.29, 1.82) is 0 Å². The predicted octanol–water partition coefficient (Wildman–Crippen LogP) is 3.49. The fraction of sp³-hybridized carbons (Fsp3) is 0.350. The van der Waals surface area contributed by atoms with E-state index < -0.39 is 10.0 Å². The van der Waals surface area contributed by atoms with Crippen LogP contribution in [-0.2, 0) is 21.2 Å². The summed E-state index contributed by atoms with van der Waals surface area (Å²) in [5.74, 6) is -0.642. The molecular weight excluding hydrogens is 367 g/mol. The molecule has 1 fully saturated rings. The van der Waals surface area contributed by atoms with Crippen LogP contribution in [0.25, 0.3) is 0 Å². The maximum Gasteiger partial charge on any atom is 0.243 e. The van der Waals surface area contributed by atoms with Gasteiger partial charge >= 0.3 is 0 Å². The largest absolute Gasteiger partial charge is 0.326 e. The number of hydrogen-bond donors (Lipinski definition) is 1. The van der Waals surface area contributed by atoms with Crippen LogP contribution >= 0.6 is 0 Å². The molecule has 1 saturated heterocycles. The third-order valence-corrected chi connectivity index (χ3v) is 6.72. The molecular formula is C20H23FN2O3S. The predicted molar refractivity (Wildman–Crippen MR) is 103 cm³/mol. The third-order valence-electron chi connectivity index (χ3n) is 4.68. The Morgan fingerprint density at radius 3 is 2.41 bits per heavy atom. The van der Waals surface area contributed by atoms with Gasteiger partial charge in [-0.2, -0.15) is 4.31 Å². The molecule has 0 aliphatic carbocycles. The number of benzene rings is 2. The first-order valence-electron chi connectivity index (χ1n) is 9.01. The summed E-state index contributed by atoms with van der Waals surface area (Å²) in [7, 11) is -3.57. The molecule has 0 atom stereocenters. The van der Waals surface area contributed by atoms with Gasteiger partial charge in [0.15, 0.2) is 0 Å². The average molecular weight is 390 g/mol. The Morgan fingerprint density at radius 2 is 1.74 bits per heavy atom. The van der Waals surface area contributed by atoms with E-state index in [2.05, 4.69) is 5.32 Å². The first-order valence-corrected chi connectivity index (χ1v) is 10.5. The molecule has 0 unspecified atom stereocenters. The highest BCUT2D eigenvalue weighted by molar-refractivity contribution is 7.89. The number of nitrogens with one attached hydrogen (secondary N) is 1. The number of aryl methyl sites for hydroxylation is 1. The number of sulfonamides is 1. The second-order valence-corrected chi connectivity index (χ2v) is 8.70. The molecule has 1 amide bonds. The summed E-state index contributed by atoms with van der Waals surface area (Å²) in [6, 6.07) is 10.6. The van der Waals surface area contributed by atoms with E-state index in [4.69, 9.17) is 0 Å². The number of anilines is 1. The molecule has 0 saturated carbocycles. The van der Waals surface area contributed by atoms with Crippen molar-refractivity contribution in [2.45, 2.75) is 37.5 Å². The van der Waals surface area contributed by atoms with Gasteiger partial charge < -0.3 is 5.32 Å². The van der Waals surface area contributed by atoms with Crippen molar-refractivity contribution >= 4 is 21.6 Å². The Kier molecular flexibility index (Phi) is 5.92. The van der Waals surface area contributed by atoms with Gasteiger partial charge in [-0.3, -0.25) is 4.79 Å². The fourth-order valence-corrected chi connectivity index (χ4v) is 4.96. The molecule has 1 aliphatic rings. The zero-order chi connectivity index (χ0) is 19.4. The first kappa shape index (κ1) is 19.5. The highest BCUT2D eigenvalue weighted by atomic mass is 32.2. The Morgan fingerprint density at radius 1 is 1.07 bits per heavy atom. The van der Waals surface area contributed by atoms with Gasteiger partial charge in [-0.15, -0.1) is 0 Å². The second kappa shape index (κ2) is 8.19. The number of nitrogens with zero attached hydrogens (tertiary/aromatic N) is 1. The molecule has 3 rings (SSSR count). The molecule has 7 heteroatoms. The first-order chi connectivity index (χ1) is 12.9. The van der Waals surface area contributed by atoms with Crippen LogP contribution in [0, 0.1) is 12.7 Å². The maximum absolute atomic E-state index is 13.0. The molecule has 2 aromatic rings. The lowest BCUT2D eigenvalue weighted by molar-refractivity contribution is -0.115. The molecule has 0 aromatic heterocycles. The Hall–Kier alpha value is -2.25. The summed E-state index contributed by atoms with van der Waals surface area (Å²) in [5.41, 5.74) is 1.77. The lowest BCUT2D eigenvalue weighted by atomic mass is 10.1. The molecule has 1 aliphatic heterocycles. The summed E-state index contributed by atoms with van der Waals surface area (Å²) in [6.45, 7) is 2.81. The topological polar surface area (TPSA) is 66.5 Å². The number of piperidine rings is 1. The van der Waals surface area contributed by atoms with Crippen molar-refractivity contribution in [3.63, 3.8) is 0 Å². The van der Waals surface area contributed by atoms with Gasteiger partial charge in [-0.1, -0.05) is 24.6 Å². The highest BCUT2D eigenvalue weighted by Crippen LogP contribution is 2.26. The smallest absolute Gasteiger partial charge is 0.243 e. The molecule has 27 heavy (non-hydrogen) atoms. The van der Waals surface area contributed by atoms with E-state index in [1.54, 1.807) is 31.2 Å². The third kappa shape index (κ3) is 4.73. The number of carbonyl (C=O) groups excluding carboxylic acids is 1.